The molecule has 18 heavy (non-hydrogen) atoms. The van der Waals surface area contributed by atoms with Gasteiger partial charge in [0.25, 0.3) is 0 Å². The van der Waals surface area contributed by atoms with E-state index >= 15 is 0 Å². The number of para-hydroxylation sites is 2. The Morgan fingerprint density at radius 2 is 1.94 bits per heavy atom. The average molecular weight is 275 g/mol. The van der Waals surface area contributed by atoms with Crippen molar-refractivity contribution in [3.05, 3.63) is 57.5 Å². The highest BCUT2D eigenvalue weighted by atomic mass is 35.5. The Balaban J connectivity index is 2.10. The summed E-state index contributed by atoms with van der Waals surface area (Å²) in [4.78, 5) is 21.2. The molecule has 0 aliphatic heterocycles. The molecule has 1 aromatic carbocycles. The zero-order chi connectivity index (χ0) is 12.5. The predicted molar refractivity (Wildman–Crippen MR) is 72.3 cm³/mol. The fourth-order valence-electron chi connectivity index (χ4n) is 1.64. The van der Waals surface area contributed by atoms with Crippen molar-refractivity contribution in [3.8, 4) is 0 Å². The summed E-state index contributed by atoms with van der Waals surface area (Å²) in [6, 6.07) is 9.13. The van der Waals surface area contributed by atoms with E-state index in [-0.39, 0.29) is 5.78 Å². The molecule has 3 aromatic rings. The molecule has 0 radical (unpaired) electrons. The monoisotopic (exact) mass is 274 g/mol. The second-order valence-corrected chi connectivity index (χ2v) is 4.99. The maximum Gasteiger partial charge on any atom is 0.224 e. The van der Waals surface area contributed by atoms with Gasteiger partial charge in [-0.2, -0.15) is 0 Å². The number of carbonyl (C=O) groups excluding carboxylic acids is 1. The van der Waals surface area contributed by atoms with Crippen LogP contribution in [0.3, 0.4) is 0 Å². The number of carbonyl (C=O) groups is 1. The van der Waals surface area contributed by atoms with Crippen molar-refractivity contribution in [2.24, 2.45) is 0 Å². The second-order valence-electron chi connectivity index (χ2n) is 3.67. The summed E-state index contributed by atoms with van der Waals surface area (Å²) in [5, 5.41) is 2.24. The topological polar surface area (TPSA) is 42.9 Å². The second kappa shape index (κ2) is 4.48. The minimum atomic E-state index is -0.187. The first-order valence-electron chi connectivity index (χ1n) is 5.25. The number of benzene rings is 1. The first-order valence-corrected chi connectivity index (χ1v) is 6.51. The molecule has 0 unspecified atom stereocenters. The molecule has 2 heterocycles. The fraction of sp³-hybridized carbons (Fsp3) is 0. The van der Waals surface area contributed by atoms with Gasteiger partial charge in [0.1, 0.15) is 5.69 Å². The molecule has 3 rings (SSSR count). The number of aromatic nitrogens is 2. The van der Waals surface area contributed by atoms with Crippen LogP contribution in [0.1, 0.15) is 15.4 Å². The van der Waals surface area contributed by atoms with Crippen LogP contribution in [0.4, 0.5) is 0 Å². The normalized spacial score (nSPS) is 10.7. The van der Waals surface area contributed by atoms with E-state index in [0.717, 1.165) is 5.52 Å². The van der Waals surface area contributed by atoms with E-state index < -0.39 is 0 Å². The van der Waals surface area contributed by atoms with Crippen molar-refractivity contribution in [2.45, 2.75) is 0 Å². The lowest BCUT2D eigenvalue weighted by Crippen LogP contribution is -2.03. The van der Waals surface area contributed by atoms with Crippen LogP contribution in [0.5, 0.6) is 0 Å². The third-order valence-corrected chi connectivity index (χ3v) is 3.84. The predicted octanol–water partition coefficient (Wildman–Crippen LogP) is 3.58. The molecule has 0 spiro atoms. The molecular formula is C13H7ClN2OS. The minimum absolute atomic E-state index is 0.187. The van der Waals surface area contributed by atoms with E-state index in [4.69, 9.17) is 11.6 Å². The summed E-state index contributed by atoms with van der Waals surface area (Å²) >= 11 is 7.25. The highest BCUT2D eigenvalue weighted by molar-refractivity contribution is 7.13. The highest BCUT2D eigenvalue weighted by Crippen LogP contribution is 2.24. The van der Waals surface area contributed by atoms with Gasteiger partial charge in [0.15, 0.2) is 0 Å². The largest absolute Gasteiger partial charge is 0.286 e. The molecule has 0 saturated carbocycles. The van der Waals surface area contributed by atoms with Crippen LogP contribution in [0.25, 0.3) is 11.0 Å². The first-order chi connectivity index (χ1) is 8.75. The number of rotatable bonds is 2. The Labute approximate surface area is 112 Å². The maximum atomic E-state index is 12.2. The van der Waals surface area contributed by atoms with E-state index in [0.29, 0.717) is 21.1 Å². The Morgan fingerprint density at radius 3 is 2.67 bits per heavy atom. The number of thiophene rings is 1. The van der Waals surface area contributed by atoms with Crippen molar-refractivity contribution < 1.29 is 4.79 Å². The molecule has 0 aliphatic rings. The van der Waals surface area contributed by atoms with Crippen LogP contribution >= 0.6 is 22.9 Å². The third kappa shape index (κ3) is 1.89. The van der Waals surface area contributed by atoms with Crippen LogP contribution < -0.4 is 0 Å². The van der Waals surface area contributed by atoms with Crippen molar-refractivity contribution in [2.75, 3.05) is 0 Å². The summed E-state index contributed by atoms with van der Waals surface area (Å²) in [7, 11) is 0. The van der Waals surface area contributed by atoms with Gasteiger partial charge < -0.3 is 0 Å². The SMILES string of the molecule is O=C(c1cnc2ccccc2n1)c1sccc1Cl. The Morgan fingerprint density at radius 1 is 1.17 bits per heavy atom. The van der Waals surface area contributed by atoms with Gasteiger partial charge in [-0.25, -0.2) is 4.98 Å². The van der Waals surface area contributed by atoms with Crippen LogP contribution in [-0.4, -0.2) is 15.8 Å². The van der Waals surface area contributed by atoms with Crippen LogP contribution in [0.15, 0.2) is 41.9 Å². The number of halogens is 1. The van der Waals surface area contributed by atoms with Crippen LogP contribution in [-0.2, 0) is 0 Å². The van der Waals surface area contributed by atoms with Gasteiger partial charge in [-0.05, 0) is 23.6 Å². The summed E-state index contributed by atoms with van der Waals surface area (Å²) in [6.45, 7) is 0. The third-order valence-electron chi connectivity index (χ3n) is 2.50. The molecule has 88 valence electrons. The molecule has 0 aliphatic carbocycles. The number of fused-ring (bicyclic) bond motifs is 1. The van der Waals surface area contributed by atoms with Gasteiger partial charge in [-0.3, -0.25) is 9.78 Å². The smallest absolute Gasteiger partial charge is 0.224 e. The van der Waals surface area contributed by atoms with Crippen LogP contribution in [0, 0.1) is 0 Å². The molecule has 3 nitrogen and oxygen atoms in total. The molecule has 0 fully saturated rings. The first kappa shape index (κ1) is 11.3. The Hall–Kier alpha value is -1.78. The summed E-state index contributed by atoms with van der Waals surface area (Å²) in [5.74, 6) is -0.187. The molecule has 5 heteroatoms. The molecule has 0 saturated heterocycles. The number of hydrogen-bond acceptors (Lipinski definition) is 4. The zero-order valence-corrected chi connectivity index (χ0v) is 10.7. The van der Waals surface area contributed by atoms with Gasteiger partial charge in [0.2, 0.25) is 5.78 Å². The van der Waals surface area contributed by atoms with E-state index in [9.17, 15) is 4.79 Å². The Kier molecular flexibility index (Phi) is 2.81. The van der Waals surface area contributed by atoms with E-state index in [1.54, 1.807) is 11.4 Å². The van der Waals surface area contributed by atoms with Crippen molar-refractivity contribution in [1.29, 1.82) is 0 Å². The zero-order valence-electron chi connectivity index (χ0n) is 9.13. The van der Waals surface area contributed by atoms with Gasteiger partial charge >= 0.3 is 0 Å². The summed E-state index contributed by atoms with van der Waals surface area (Å²) < 4.78 is 0. The standard InChI is InChI=1S/C13H7ClN2OS/c14-8-5-6-18-13(8)12(17)11-7-15-9-3-1-2-4-10(9)16-11/h1-7H. The fourth-order valence-corrected chi connectivity index (χ4v) is 2.73. The van der Waals surface area contributed by atoms with E-state index in [1.807, 2.05) is 24.3 Å². The van der Waals surface area contributed by atoms with Gasteiger partial charge in [-0.15, -0.1) is 11.3 Å². The van der Waals surface area contributed by atoms with E-state index in [2.05, 4.69) is 9.97 Å². The van der Waals surface area contributed by atoms with E-state index in [1.165, 1.54) is 17.5 Å². The van der Waals surface area contributed by atoms with Crippen molar-refractivity contribution >= 4 is 39.8 Å². The van der Waals surface area contributed by atoms with Gasteiger partial charge in [0, 0.05) is 0 Å². The molecule has 0 amide bonds. The van der Waals surface area contributed by atoms with Gasteiger partial charge in [-0.1, -0.05) is 23.7 Å². The molecule has 0 bridgehead atoms. The average Bonchev–Trinajstić information content (AvgIpc) is 2.83. The number of ketones is 1. The lowest BCUT2D eigenvalue weighted by atomic mass is 10.2. The molecule has 0 atom stereocenters. The molecular weight excluding hydrogens is 268 g/mol. The highest BCUT2D eigenvalue weighted by Gasteiger charge is 2.16. The quantitative estimate of drug-likeness (QED) is 0.671. The summed E-state index contributed by atoms with van der Waals surface area (Å²) in [6.07, 6.45) is 1.49. The molecule has 2 aromatic heterocycles. The molecule has 0 N–H and O–H groups in total. The lowest BCUT2D eigenvalue weighted by Gasteiger charge is -2.00. The van der Waals surface area contributed by atoms with Crippen LogP contribution in [0.2, 0.25) is 5.02 Å². The number of nitrogens with zero attached hydrogens (tertiary/aromatic N) is 2. The lowest BCUT2D eigenvalue weighted by molar-refractivity contribution is 0.103. The van der Waals surface area contributed by atoms with Crippen molar-refractivity contribution in [3.63, 3.8) is 0 Å². The van der Waals surface area contributed by atoms with Gasteiger partial charge in [0.05, 0.1) is 27.1 Å². The number of hydrogen-bond donors (Lipinski definition) is 0. The maximum absolute atomic E-state index is 12.2. The Bertz CT molecular complexity index is 738. The minimum Gasteiger partial charge on any atom is -0.286 e. The summed E-state index contributed by atoms with van der Waals surface area (Å²) in [5.41, 5.74) is 1.79. The van der Waals surface area contributed by atoms with Crippen molar-refractivity contribution in [1.82, 2.24) is 9.97 Å².